The Morgan fingerprint density at radius 2 is 1.43 bits per heavy atom. The molecule has 0 radical (unpaired) electrons. The molecule has 5 atom stereocenters. The second kappa shape index (κ2) is 11.7. The molecule has 202 valence electrons. The Bertz CT molecular complexity index is 1000. The maximum absolute atomic E-state index is 14.1. The van der Waals surface area contributed by atoms with E-state index in [0.717, 1.165) is 5.56 Å². The summed E-state index contributed by atoms with van der Waals surface area (Å²) in [5.74, 6) is 1.13. The molecule has 0 spiro atoms. The second-order valence-electron chi connectivity index (χ2n) is 10.7. The molecule has 0 saturated carbocycles. The number of Topliss-reactive ketones (excluding diaryl/α,β-unsaturated/α-hetero) is 1. The highest BCUT2D eigenvalue weighted by atomic mass is 28.4. The number of hydrogen-bond acceptors (Lipinski definition) is 7. The standard InChI is InChI=1S/C29H40O7Si/c1-18(2)37(19(3)4,20(5)6)36-27-25(30)26-24(17-32-28(35-26)21-11-9-8-10-12-21)34-29(27)33-23-15-13-22(31-7)14-16-23/h8-16,18-20,24,26-29H,17H2,1-7H3/t24-,26+,27-,28+,29-/m1/s1. The van der Waals surface area contributed by atoms with E-state index in [9.17, 15) is 4.79 Å². The van der Waals surface area contributed by atoms with Gasteiger partial charge in [0, 0.05) is 5.56 Å². The minimum atomic E-state index is -2.46. The number of methoxy groups -OCH3 is 1. The Morgan fingerprint density at radius 3 is 2.00 bits per heavy atom. The Labute approximate surface area is 221 Å². The van der Waals surface area contributed by atoms with E-state index in [1.165, 1.54) is 0 Å². The van der Waals surface area contributed by atoms with Crippen LogP contribution in [0.15, 0.2) is 54.6 Å². The molecule has 2 saturated heterocycles. The number of benzene rings is 2. The van der Waals surface area contributed by atoms with Crippen LogP contribution in [0.3, 0.4) is 0 Å². The van der Waals surface area contributed by atoms with Crippen LogP contribution in [0.4, 0.5) is 0 Å². The lowest BCUT2D eigenvalue weighted by molar-refractivity contribution is -0.304. The van der Waals surface area contributed by atoms with E-state index in [1.54, 1.807) is 19.2 Å². The first-order valence-corrected chi connectivity index (χ1v) is 15.3. The van der Waals surface area contributed by atoms with Gasteiger partial charge in [0.25, 0.3) is 0 Å². The Morgan fingerprint density at radius 1 is 0.838 bits per heavy atom. The van der Waals surface area contributed by atoms with Gasteiger partial charge in [-0.15, -0.1) is 0 Å². The van der Waals surface area contributed by atoms with Crippen LogP contribution in [0.5, 0.6) is 11.5 Å². The third-order valence-corrected chi connectivity index (χ3v) is 13.6. The summed E-state index contributed by atoms with van der Waals surface area (Å²) in [5, 5.41) is 0. The van der Waals surface area contributed by atoms with E-state index in [-0.39, 0.29) is 29.0 Å². The highest BCUT2D eigenvalue weighted by molar-refractivity contribution is 6.77. The molecule has 2 heterocycles. The minimum Gasteiger partial charge on any atom is -0.497 e. The van der Waals surface area contributed by atoms with E-state index in [1.807, 2.05) is 42.5 Å². The fourth-order valence-electron chi connectivity index (χ4n) is 5.84. The summed E-state index contributed by atoms with van der Waals surface area (Å²) >= 11 is 0. The molecule has 2 aliphatic heterocycles. The molecular weight excluding hydrogens is 488 g/mol. The normalized spacial score (nSPS) is 26.4. The number of carbonyl (C=O) groups is 1. The van der Waals surface area contributed by atoms with Crippen LogP contribution in [-0.2, 0) is 23.4 Å². The van der Waals surface area contributed by atoms with Gasteiger partial charge in [0.1, 0.15) is 17.6 Å². The van der Waals surface area contributed by atoms with Gasteiger partial charge in [0.2, 0.25) is 14.6 Å². The number of ketones is 1. The summed E-state index contributed by atoms with van der Waals surface area (Å²) in [7, 11) is -0.842. The summed E-state index contributed by atoms with van der Waals surface area (Å²) in [6, 6.07) is 16.9. The average Bonchev–Trinajstić information content (AvgIpc) is 2.89. The molecule has 0 bridgehead atoms. The van der Waals surface area contributed by atoms with Crippen molar-refractivity contribution in [2.45, 2.75) is 89.1 Å². The van der Waals surface area contributed by atoms with Crippen molar-refractivity contribution in [3.8, 4) is 11.5 Å². The molecule has 2 aromatic rings. The zero-order valence-electron chi connectivity index (χ0n) is 22.9. The number of hydrogen-bond donors (Lipinski definition) is 0. The van der Waals surface area contributed by atoms with Gasteiger partial charge in [-0.2, -0.15) is 0 Å². The maximum Gasteiger partial charge on any atom is 0.233 e. The van der Waals surface area contributed by atoms with Crippen molar-refractivity contribution >= 4 is 14.1 Å². The Hall–Kier alpha value is -2.23. The molecule has 0 aliphatic carbocycles. The summed E-state index contributed by atoms with van der Waals surface area (Å²) in [5.41, 5.74) is 1.71. The van der Waals surface area contributed by atoms with Crippen molar-refractivity contribution < 1.29 is 32.9 Å². The zero-order chi connectivity index (χ0) is 26.7. The van der Waals surface area contributed by atoms with Crippen LogP contribution >= 0.6 is 0 Å². The summed E-state index contributed by atoms with van der Waals surface area (Å²) in [6.07, 6.45) is -3.89. The van der Waals surface area contributed by atoms with Crippen LogP contribution in [0.2, 0.25) is 16.6 Å². The SMILES string of the molecule is COc1ccc(O[C@@H]2O[C@@H]3CO[C@H](c4ccccc4)O[C@@H]3C(=O)[C@H]2O[Si](C(C)C)(C(C)C)C(C)C)cc1. The molecule has 7 nitrogen and oxygen atoms in total. The van der Waals surface area contributed by atoms with Crippen molar-refractivity contribution in [1.29, 1.82) is 0 Å². The van der Waals surface area contributed by atoms with Gasteiger partial charge in [-0.05, 0) is 40.9 Å². The lowest BCUT2D eigenvalue weighted by atomic mass is 9.99. The molecule has 37 heavy (non-hydrogen) atoms. The molecule has 0 N–H and O–H groups in total. The minimum absolute atomic E-state index is 0.155. The number of fused-ring (bicyclic) bond motifs is 1. The topological polar surface area (TPSA) is 72.5 Å². The highest BCUT2D eigenvalue weighted by Gasteiger charge is 2.56. The molecule has 2 fully saturated rings. The number of ether oxygens (including phenoxy) is 5. The van der Waals surface area contributed by atoms with Gasteiger partial charge in [0.15, 0.2) is 24.3 Å². The quantitative estimate of drug-likeness (QED) is 0.367. The molecule has 4 rings (SSSR count). The van der Waals surface area contributed by atoms with Crippen molar-refractivity contribution in [2.75, 3.05) is 13.7 Å². The average molecular weight is 529 g/mol. The van der Waals surface area contributed by atoms with Crippen LogP contribution in [0, 0.1) is 0 Å². The fraction of sp³-hybridized carbons (Fsp3) is 0.552. The monoisotopic (exact) mass is 528 g/mol. The second-order valence-corrected chi connectivity index (χ2v) is 16.1. The first kappa shape index (κ1) is 27.8. The molecule has 0 aromatic heterocycles. The summed E-state index contributed by atoms with van der Waals surface area (Å²) in [6.45, 7) is 13.4. The van der Waals surface area contributed by atoms with E-state index in [0.29, 0.717) is 11.5 Å². The van der Waals surface area contributed by atoms with Gasteiger partial charge in [-0.25, -0.2) is 0 Å². The lowest BCUT2D eigenvalue weighted by Gasteiger charge is -2.49. The van der Waals surface area contributed by atoms with Crippen molar-refractivity contribution in [3.63, 3.8) is 0 Å². The van der Waals surface area contributed by atoms with E-state index >= 15 is 0 Å². The maximum atomic E-state index is 14.1. The van der Waals surface area contributed by atoms with Gasteiger partial charge < -0.3 is 28.1 Å². The van der Waals surface area contributed by atoms with Crippen LogP contribution < -0.4 is 9.47 Å². The lowest BCUT2D eigenvalue weighted by Crippen LogP contribution is -2.65. The number of carbonyl (C=O) groups excluding carboxylic acids is 1. The Balaban J connectivity index is 1.65. The van der Waals surface area contributed by atoms with Gasteiger partial charge in [-0.3, -0.25) is 4.79 Å². The highest BCUT2D eigenvalue weighted by Crippen LogP contribution is 2.45. The zero-order valence-corrected chi connectivity index (χ0v) is 23.9. The molecule has 8 heteroatoms. The predicted molar refractivity (Wildman–Crippen MR) is 143 cm³/mol. The van der Waals surface area contributed by atoms with E-state index < -0.39 is 39.2 Å². The molecule has 2 aromatic carbocycles. The molecular formula is C29H40O7Si. The van der Waals surface area contributed by atoms with Crippen LogP contribution in [-0.4, -0.2) is 52.4 Å². The summed E-state index contributed by atoms with van der Waals surface area (Å²) < 4.78 is 37.1. The van der Waals surface area contributed by atoms with Crippen LogP contribution in [0.1, 0.15) is 53.4 Å². The third-order valence-electron chi connectivity index (χ3n) is 7.56. The first-order chi connectivity index (χ1) is 17.7. The van der Waals surface area contributed by atoms with E-state index in [2.05, 4.69) is 41.5 Å². The third kappa shape index (κ3) is 5.63. The molecule has 2 aliphatic rings. The fourth-order valence-corrected chi connectivity index (χ4v) is 11.3. The van der Waals surface area contributed by atoms with Gasteiger partial charge in [0.05, 0.1) is 13.7 Å². The molecule has 0 unspecified atom stereocenters. The molecule has 0 amide bonds. The number of rotatable bonds is 9. The Kier molecular flexibility index (Phi) is 8.76. The van der Waals surface area contributed by atoms with Crippen LogP contribution in [0.25, 0.3) is 0 Å². The van der Waals surface area contributed by atoms with Gasteiger partial charge >= 0.3 is 0 Å². The largest absolute Gasteiger partial charge is 0.497 e. The predicted octanol–water partition coefficient (Wildman–Crippen LogP) is 6.04. The summed E-state index contributed by atoms with van der Waals surface area (Å²) in [4.78, 5) is 14.1. The smallest absolute Gasteiger partial charge is 0.233 e. The van der Waals surface area contributed by atoms with E-state index in [4.69, 9.17) is 28.1 Å². The first-order valence-electron chi connectivity index (χ1n) is 13.2. The van der Waals surface area contributed by atoms with Gasteiger partial charge in [-0.1, -0.05) is 71.9 Å². The van der Waals surface area contributed by atoms with Crippen molar-refractivity contribution in [2.24, 2.45) is 0 Å². The van der Waals surface area contributed by atoms with Crippen molar-refractivity contribution in [1.82, 2.24) is 0 Å². The van der Waals surface area contributed by atoms with Crippen molar-refractivity contribution in [3.05, 3.63) is 60.2 Å².